The van der Waals surface area contributed by atoms with Gasteiger partial charge in [-0.05, 0) is 36.0 Å². The number of halogens is 1. The molecule has 0 atom stereocenters. The Kier molecular flexibility index (Phi) is 6.71. The smallest absolute Gasteiger partial charge is 0.409 e. The molecule has 1 heterocycles. The van der Waals surface area contributed by atoms with Crippen LogP contribution in [0.3, 0.4) is 0 Å². The molecule has 0 spiro atoms. The molecule has 1 aliphatic rings. The minimum absolute atomic E-state index is 0.0661. The molecule has 1 fully saturated rings. The Morgan fingerprint density at radius 3 is 2.32 bits per heavy atom. The molecule has 0 aromatic heterocycles. The van der Waals surface area contributed by atoms with Crippen molar-refractivity contribution in [1.82, 2.24) is 10.2 Å². The maximum absolute atomic E-state index is 12.4. The van der Waals surface area contributed by atoms with Crippen molar-refractivity contribution in [3.05, 3.63) is 35.4 Å². The largest absolute Gasteiger partial charge is 0.448 e. The fourth-order valence-electron chi connectivity index (χ4n) is 2.81. The highest BCUT2D eigenvalue weighted by Crippen LogP contribution is 2.22. The normalized spacial score (nSPS) is 15.8. The molecule has 0 aliphatic carbocycles. The molecule has 1 aromatic rings. The maximum atomic E-state index is 12.4. The minimum Gasteiger partial charge on any atom is -0.448 e. The number of alkyl halides is 1. The zero-order valence-corrected chi connectivity index (χ0v) is 15.9. The summed E-state index contributed by atoms with van der Waals surface area (Å²) in [4.78, 5) is 25.8. The highest BCUT2D eigenvalue weighted by atomic mass is 35.5. The van der Waals surface area contributed by atoms with Gasteiger partial charge in [0.15, 0.2) is 0 Å². The number of ether oxygens (including phenoxy) is 1. The average Bonchev–Trinajstić information content (AvgIpc) is 2.59. The van der Waals surface area contributed by atoms with E-state index in [-0.39, 0.29) is 30.1 Å². The lowest BCUT2D eigenvalue weighted by Crippen LogP contribution is -2.46. The van der Waals surface area contributed by atoms with Crippen LogP contribution >= 0.6 is 11.6 Å². The first kappa shape index (κ1) is 19.6. The van der Waals surface area contributed by atoms with Crippen molar-refractivity contribution in [2.24, 2.45) is 0 Å². The molecule has 1 aliphatic heterocycles. The Morgan fingerprint density at radius 1 is 1.20 bits per heavy atom. The molecule has 2 rings (SSSR count). The summed E-state index contributed by atoms with van der Waals surface area (Å²) in [5, 5.41) is 3.06. The number of rotatable bonds is 4. The van der Waals surface area contributed by atoms with Gasteiger partial charge in [0.2, 0.25) is 0 Å². The quantitative estimate of drug-likeness (QED) is 0.829. The molecule has 1 aromatic carbocycles. The SMILES string of the molecule is CC(C)(C)c1ccc(C(=O)NC2CCN(C(=O)OCCCl)CC2)cc1. The predicted molar refractivity (Wildman–Crippen MR) is 99.3 cm³/mol. The summed E-state index contributed by atoms with van der Waals surface area (Å²) in [6.07, 6.45) is 1.12. The highest BCUT2D eigenvalue weighted by molar-refractivity contribution is 6.18. The van der Waals surface area contributed by atoms with E-state index in [9.17, 15) is 9.59 Å². The van der Waals surface area contributed by atoms with Crippen LogP contribution in [-0.2, 0) is 10.2 Å². The van der Waals surface area contributed by atoms with Gasteiger partial charge in [0.25, 0.3) is 5.91 Å². The third-order valence-electron chi connectivity index (χ3n) is 4.40. The van der Waals surface area contributed by atoms with Gasteiger partial charge >= 0.3 is 6.09 Å². The summed E-state index contributed by atoms with van der Waals surface area (Å²) in [5.74, 6) is 0.232. The van der Waals surface area contributed by atoms with Crippen molar-refractivity contribution in [2.45, 2.75) is 45.1 Å². The van der Waals surface area contributed by atoms with Crippen LogP contribution in [0.15, 0.2) is 24.3 Å². The van der Waals surface area contributed by atoms with Gasteiger partial charge in [0.1, 0.15) is 6.61 Å². The minimum atomic E-state index is -0.330. The van der Waals surface area contributed by atoms with E-state index in [0.29, 0.717) is 24.5 Å². The third kappa shape index (κ3) is 5.63. The van der Waals surface area contributed by atoms with Crippen molar-refractivity contribution in [3.8, 4) is 0 Å². The van der Waals surface area contributed by atoms with E-state index in [0.717, 1.165) is 12.8 Å². The number of piperidine rings is 1. The molecule has 138 valence electrons. The lowest BCUT2D eigenvalue weighted by atomic mass is 9.86. The number of nitrogens with one attached hydrogen (secondary N) is 1. The van der Waals surface area contributed by atoms with E-state index in [1.54, 1.807) is 4.90 Å². The van der Waals surface area contributed by atoms with Crippen LogP contribution in [0.25, 0.3) is 0 Å². The number of nitrogens with zero attached hydrogens (tertiary/aromatic N) is 1. The van der Waals surface area contributed by atoms with Gasteiger partial charge < -0.3 is 15.0 Å². The summed E-state index contributed by atoms with van der Waals surface area (Å²) < 4.78 is 5.02. The van der Waals surface area contributed by atoms with Crippen LogP contribution in [0.4, 0.5) is 4.79 Å². The Labute approximate surface area is 154 Å². The van der Waals surface area contributed by atoms with E-state index in [4.69, 9.17) is 16.3 Å². The summed E-state index contributed by atoms with van der Waals surface area (Å²) in [5.41, 5.74) is 1.93. The van der Waals surface area contributed by atoms with Gasteiger partial charge in [-0.1, -0.05) is 32.9 Å². The maximum Gasteiger partial charge on any atom is 0.409 e. The standard InChI is InChI=1S/C19H27ClN2O3/c1-19(2,3)15-6-4-14(5-7-15)17(23)21-16-8-11-22(12-9-16)18(24)25-13-10-20/h4-7,16H,8-13H2,1-3H3,(H,21,23). The number of amides is 2. The second-order valence-corrected chi connectivity index (χ2v) is 7.74. The second-order valence-electron chi connectivity index (χ2n) is 7.37. The molecule has 0 radical (unpaired) electrons. The second kappa shape index (κ2) is 8.56. The van der Waals surface area contributed by atoms with E-state index in [1.807, 2.05) is 24.3 Å². The summed E-state index contributed by atoms with van der Waals surface area (Å²) in [6.45, 7) is 7.82. The van der Waals surface area contributed by atoms with E-state index in [2.05, 4.69) is 26.1 Å². The van der Waals surface area contributed by atoms with Crippen molar-refractivity contribution >= 4 is 23.6 Å². The summed E-state index contributed by atoms with van der Waals surface area (Å²) in [6, 6.07) is 7.82. The fraction of sp³-hybridized carbons (Fsp3) is 0.579. The Balaban J connectivity index is 1.83. The average molecular weight is 367 g/mol. The van der Waals surface area contributed by atoms with Crippen LogP contribution in [0.2, 0.25) is 0 Å². The summed E-state index contributed by atoms with van der Waals surface area (Å²) >= 11 is 5.51. The van der Waals surface area contributed by atoms with E-state index < -0.39 is 0 Å². The van der Waals surface area contributed by atoms with Crippen molar-refractivity contribution in [3.63, 3.8) is 0 Å². The van der Waals surface area contributed by atoms with E-state index >= 15 is 0 Å². The Bertz CT molecular complexity index is 588. The molecular formula is C19H27ClN2O3. The summed E-state index contributed by atoms with van der Waals surface area (Å²) in [7, 11) is 0. The number of carbonyl (C=O) groups excluding carboxylic acids is 2. The van der Waals surface area contributed by atoms with Crippen LogP contribution in [0.1, 0.15) is 49.5 Å². The third-order valence-corrected chi connectivity index (χ3v) is 4.56. The van der Waals surface area contributed by atoms with E-state index in [1.165, 1.54) is 5.56 Å². The number of carbonyl (C=O) groups is 2. The Hall–Kier alpha value is -1.75. The monoisotopic (exact) mass is 366 g/mol. The Morgan fingerprint density at radius 2 is 1.80 bits per heavy atom. The van der Waals surface area contributed by atoms with Gasteiger partial charge in [0, 0.05) is 24.7 Å². The molecule has 2 amide bonds. The molecule has 0 saturated carbocycles. The zero-order valence-electron chi connectivity index (χ0n) is 15.2. The molecule has 0 unspecified atom stereocenters. The van der Waals surface area contributed by atoms with Crippen LogP contribution in [0, 0.1) is 0 Å². The van der Waals surface area contributed by atoms with Gasteiger partial charge in [0.05, 0.1) is 5.88 Å². The number of hydrogen-bond donors (Lipinski definition) is 1. The van der Waals surface area contributed by atoms with Crippen LogP contribution in [-0.4, -0.2) is 48.5 Å². The van der Waals surface area contributed by atoms with Crippen molar-refractivity contribution < 1.29 is 14.3 Å². The molecule has 6 heteroatoms. The zero-order chi connectivity index (χ0) is 18.4. The lowest BCUT2D eigenvalue weighted by molar-refractivity contribution is 0.0862. The van der Waals surface area contributed by atoms with Crippen LogP contribution < -0.4 is 5.32 Å². The predicted octanol–water partition coefficient (Wildman–Crippen LogP) is 3.55. The van der Waals surface area contributed by atoms with Crippen molar-refractivity contribution in [1.29, 1.82) is 0 Å². The lowest BCUT2D eigenvalue weighted by Gasteiger charge is -2.31. The molecule has 25 heavy (non-hydrogen) atoms. The van der Waals surface area contributed by atoms with Gasteiger partial charge in [-0.2, -0.15) is 0 Å². The first-order valence-corrected chi connectivity index (χ1v) is 9.24. The molecule has 1 N–H and O–H groups in total. The highest BCUT2D eigenvalue weighted by Gasteiger charge is 2.25. The molecule has 1 saturated heterocycles. The topological polar surface area (TPSA) is 58.6 Å². The number of hydrogen-bond acceptors (Lipinski definition) is 3. The first-order valence-electron chi connectivity index (χ1n) is 8.70. The fourth-order valence-corrected chi connectivity index (χ4v) is 2.89. The molecular weight excluding hydrogens is 340 g/mol. The number of likely N-dealkylation sites (tertiary alicyclic amines) is 1. The number of benzene rings is 1. The van der Waals surface area contributed by atoms with Crippen molar-refractivity contribution in [2.75, 3.05) is 25.6 Å². The van der Waals surface area contributed by atoms with Gasteiger partial charge in [-0.25, -0.2) is 4.79 Å². The van der Waals surface area contributed by atoms with Gasteiger partial charge in [-0.15, -0.1) is 11.6 Å². The van der Waals surface area contributed by atoms with Gasteiger partial charge in [-0.3, -0.25) is 4.79 Å². The first-order chi connectivity index (χ1) is 11.8. The van der Waals surface area contributed by atoms with Crippen LogP contribution in [0.5, 0.6) is 0 Å². The molecule has 5 nitrogen and oxygen atoms in total. The molecule has 0 bridgehead atoms.